The molecule has 0 radical (unpaired) electrons. The van der Waals surface area contributed by atoms with E-state index in [4.69, 9.17) is 23.2 Å². The Morgan fingerprint density at radius 1 is 1.29 bits per heavy atom. The standard InChI is InChI=1S/C14H14Cl2N2O3/c15-8-1-4-13(18(20)21)12(7-8)14(19)17-10-2-3-11(17)6-9(16)5-10/h1,4,7,9-11H,2-3,5-6H2. The number of nitro benzene ring substituents is 1. The van der Waals surface area contributed by atoms with Gasteiger partial charge in [-0.25, -0.2) is 0 Å². The maximum atomic E-state index is 12.8. The van der Waals surface area contributed by atoms with Gasteiger partial charge in [-0.15, -0.1) is 11.6 Å². The van der Waals surface area contributed by atoms with Gasteiger partial charge in [-0.3, -0.25) is 14.9 Å². The summed E-state index contributed by atoms with van der Waals surface area (Å²) < 4.78 is 0. The maximum Gasteiger partial charge on any atom is 0.282 e. The van der Waals surface area contributed by atoms with Gasteiger partial charge >= 0.3 is 0 Å². The van der Waals surface area contributed by atoms with Gasteiger partial charge in [0.2, 0.25) is 0 Å². The molecule has 112 valence electrons. The molecule has 3 rings (SSSR count). The summed E-state index contributed by atoms with van der Waals surface area (Å²) in [6.45, 7) is 0. The number of nitro groups is 1. The van der Waals surface area contributed by atoms with Crippen molar-refractivity contribution in [3.05, 3.63) is 38.9 Å². The number of hydrogen-bond acceptors (Lipinski definition) is 3. The van der Waals surface area contributed by atoms with Crippen molar-refractivity contribution in [3.63, 3.8) is 0 Å². The lowest BCUT2D eigenvalue weighted by atomic mass is 10.0. The topological polar surface area (TPSA) is 63.4 Å². The van der Waals surface area contributed by atoms with Crippen LogP contribution in [0.5, 0.6) is 0 Å². The van der Waals surface area contributed by atoms with Crippen LogP contribution < -0.4 is 0 Å². The summed E-state index contributed by atoms with van der Waals surface area (Å²) in [6.07, 6.45) is 3.32. The van der Waals surface area contributed by atoms with Gasteiger partial charge < -0.3 is 4.90 Å². The molecule has 0 N–H and O–H groups in total. The first kappa shape index (κ1) is 14.6. The van der Waals surface area contributed by atoms with Crippen LogP contribution in [0.25, 0.3) is 0 Å². The number of hydrogen-bond donors (Lipinski definition) is 0. The van der Waals surface area contributed by atoms with Crippen molar-refractivity contribution >= 4 is 34.8 Å². The third kappa shape index (κ3) is 2.60. The zero-order chi connectivity index (χ0) is 15.1. The van der Waals surface area contributed by atoms with E-state index in [1.54, 1.807) is 4.90 Å². The lowest BCUT2D eigenvalue weighted by Gasteiger charge is -2.37. The van der Waals surface area contributed by atoms with Crippen LogP contribution in [0.2, 0.25) is 5.02 Å². The average molecular weight is 329 g/mol. The van der Waals surface area contributed by atoms with E-state index >= 15 is 0 Å². The molecule has 7 heteroatoms. The van der Waals surface area contributed by atoms with Gasteiger partial charge in [0.1, 0.15) is 5.56 Å². The molecule has 2 bridgehead atoms. The minimum absolute atomic E-state index is 0.0671. The number of rotatable bonds is 2. The van der Waals surface area contributed by atoms with Gasteiger partial charge in [0.05, 0.1) is 4.92 Å². The maximum absolute atomic E-state index is 12.8. The summed E-state index contributed by atoms with van der Waals surface area (Å²) >= 11 is 12.1. The van der Waals surface area contributed by atoms with Gasteiger partial charge in [0, 0.05) is 28.5 Å². The Hall–Kier alpha value is -1.33. The predicted octanol–water partition coefficient (Wildman–Crippen LogP) is 3.62. The molecule has 2 fully saturated rings. The molecule has 2 heterocycles. The molecule has 2 aliphatic rings. The van der Waals surface area contributed by atoms with E-state index in [9.17, 15) is 14.9 Å². The molecule has 5 nitrogen and oxygen atoms in total. The van der Waals surface area contributed by atoms with E-state index in [0.717, 1.165) is 25.7 Å². The molecule has 2 atom stereocenters. The Bertz CT molecular complexity index is 594. The molecule has 1 aromatic rings. The van der Waals surface area contributed by atoms with Crippen molar-refractivity contribution in [2.45, 2.75) is 43.1 Å². The minimum atomic E-state index is -0.542. The van der Waals surface area contributed by atoms with Gasteiger partial charge in [-0.05, 0) is 37.8 Å². The zero-order valence-corrected chi connectivity index (χ0v) is 12.7. The van der Waals surface area contributed by atoms with Crippen LogP contribution in [0.15, 0.2) is 18.2 Å². The number of halogens is 2. The minimum Gasteiger partial charge on any atom is -0.332 e. The Balaban J connectivity index is 1.96. The summed E-state index contributed by atoms with van der Waals surface area (Å²) in [5.41, 5.74) is -0.130. The molecular formula is C14H14Cl2N2O3. The van der Waals surface area contributed by atoms with E-state index in [1.807, 2.05) is 0 Å². The van der Waals surface area contributed by atoms with Crippen molar-refractivity contribution in [3.8, 4) is 0 Å². The van der Waals surface area contributed by atoms with Crippen LogP contribution in [0, 0.1) is 10.1 Å². The highest BCUT2D eigenvalue weighted by Crippen LogP contribution is 2.39. The van der Waals surface area contributed by atoms with E-state index < -0.39 is 4.92 Å². The Morgan fingerprint density at radius 3 is 2.48 bits per heavy atom. The summed E-state index contributed by atoms with van der Waals surface area (Å²) in [7, 11) is 0. The van der Waals surface area contributed by atoms with E-state index in [1.165, 1.54) is 18.2 Å². The molecule has 1 amide bonds. The zero-order valence-electron chi connectivity index (χ0n) is 11.2. The molecule has 2 unspecified atom stereocenters. The quantitative estimate of drug-likeness (QED) is 0.473. The lowest BCUT2D eigenvalue weighted by Crippen LogP contribution is -2.47. The smallest absolute Gasteiger partial charge is 0.282 e. The first-order valence-corrected chi connectivity index (χ1v) is 7.69. The van der Waals surface area contributed by atoms with Gasteiger partial charge in [-0.1, -0.05) is 11.6 Å². The second-order valence-corrected chi connectivity index (χ2v) is 6.64. The first-order chi connectivity index (χ1) is 9.97. The molecule has 2 aliphatic heterocycles. The molecule has 0 aromatic heterocycles. The number of piperidine rings is 1. The molecule has 0 saturated carbocycles. The van der Waals surface area contributed by atoms with Crippen LogP contribution >= 0.6 is 23.2 Å². The number of benzene rings is 1. The van der Waals surface area contributed by atoms with Crippen LogP contribution in [-0.2, 0) is 0 Å². The third-order valence-corrected chi connectivity index (χ3v) is 4.89. The monoisotopic (exact) mass is 328 g/mol. The fraction of sp³-hybridized carbons (Fsp3) is 0.500. The average Bonchev–Trinajstić information content (AvgIpc) is 2.69. The second kappa shape index (κ2) is 5.46. The van der Waals surface area contributed by atoms with Crippen LogP contribution in [0.1, 0.15) is 36.0 Å². The van der Waals surface area contributed by atoms with Crippen molar-refractivity contribution in [2.24, 2.45) is 0 Å². The van der Waals surface area contributed by atoms with Gasteiger partial charge in [0.15, 0.2) is 0 Å². The van der Waals surface area contributed by atoms with Crippen LogP contribution in [0.4, 0.5) is 5.69 Å². The Labute approximate surface area is 132 Å². The SMILES string of the molecule is O=C(c1cc(Cl)ccc1[N+](=O)[O-])N1C2CCC1CC(Cl)C2. The summed E-state index contributed by atoms with van der Waals surface area (Å²) in [5, 5.41) is 11.5. The highest BCUT2D eigenvalue weighted by molar-refractivity contribution is 6.31. The number of fused-ring (bicyclic) bond motifs is 2. The number of nitrogens with zero attached hydrogens (tertiary/aromatic N) is 2. The summed E-state index contributed by atoms with van der Waals surface area (Å²) in [6, 6.07) is 4.26. The van der Waals surface area contributed by atoms with Crippen molar-refractivity contribution in [1.82, 2.24) is 4.90 Å². The fourth-order valence-electron chi connectivity index (χ4n) is 3.42. The summed E-state index contributed by atoms with van der Waals surface area (Å²) in [4.78, 5) is 25.1. The molecule has 1 aromatic carbocycles. The predicted molar refractivity (Wildman–Crippen MR) is 80.0 cm³/mol. The number of amides is 1. The largest absolute Gasteiger partial charge is 0.332 e. The Morgan fingerprint density at radius 2 is 1.90 bits per heavy atom. The third-order valence-electron chi connectivity index (χ3n) is 4.30. The van der Waals surface area contributed by atoms with Crippen molar-refractivity contribution in [2.75, 3.05) is 0 Å². The molecule has 0 spiro atoms. The van der Waals surface area contributed by atoms with E-state index in [2.05, 4.69) is 0 Å². The Kier molecular flexibility index (Phi) is 3.80. The fourth-order valence-corrected chi connectivity index (χ4v) is 4.00. The van der Waals surface area contributed by atoms with Gasteiger partial charge in [0.25, 0.3) is 11.6 Å². The normalized spacial score (nSPS) is 27.7. The van der Waals surface area contributed by atoms with Gasteiger partial charge in [-0.2, -0.15) is 0 Å². The van der Waals surface area contributed by atoms with Crippen LogP contribution in [-0.4, -0.2) is 33.2 Å². The van der Waals surface area contributed by atoms with E-state index in [-0.39, 0.29) is 34.6 Å². The van der Waals surface area contributed by atoms with Crippen molar-refractivity contribution < 1.29 is 9.72 Å². The summed E-state index contributed by atoms with van der Waals surface area (Å²) in [5.74, 6) is -0.305. The first-order valence-electron chi connectivity index (χ1n) is 6.88. The highest BCUT2D eigenvalue weighted by Gasteiger charge is 2.44. The van der Waals surface area contributed by atoms with Crippen LogP contribution in [0.3, 0.4) is 0 Å². The second-order valence-electron chi connectivity index (χ2n) is 5.58. The molecular weight excluding hydrogens is 315 g/mol. The molecule has 2 saturated heterocycles. The number of carbonyl (C=O) groups excluding carboxylic acids is 1. The van der Waals surface area contributed by atoms with Crippen molar-refractivity contribution in [1.29, 1.82) is 0 Å². The number of carbonyl (C=O) groups is 1. The highest BCUT2D eigenvalue weighted by atomic mass is 35.5. The van der Waals surface area contributed by atoms with E-state index in [0.29, 0.717) is 5.02 Å². The number of alkyl halides is 1. The molecule has 0 aliphatic carbocycles. The molecule has 21 heavy (non-hydrogen) atoms. The lowest BCUT2D eigenvalue weighted by molar-refractivity contribution is -0.385.